The predicted octanol–water partition coefficient (Wildman–Crippen LogP) is -5.29. The van der Waals surface area contributed by atoms with Crippen LogP contribution in [0.2, 0.25) is 0 Å². The lowest BCUT2D eigenvalue weighted by atomic mass is 9.95. The molecule has 27 heavy (non-hydrogen) atoms. The fraction of sp³-hybridized carbons (Fsp3) is 0.933. The summed E-state index contributed by atoms with van der Waals surface area (Å²) in [5.74, 6) is -0.419. The van der Waals surface area contributed by atoms with E-state index in [1.165, 1.54) is 0 Å². The number of rotatable bonds is 10. The molecule has 0 aromatic carbocycles. The molecule has 0 aromatic rings. The maximum absolute atomic E-state index is 11.6. The molecule has 0 spiro atoms. The number of carbonyl (C=O) groups excluding carboxylic acids is 1. The van der Waals surface area contributed by atoms with Crippen LogP contribution in [0.25, 0.3) is 0 Å². The highest BCUT2D eigenvalue weighted by Crippen LogP contribution is 2.24. The van der Waals surface area contributed by atoms with Gasteiger partial charge >= 0.3 is 0 Å². The second-order valence-electron chi connectivity index (χ2n) is 6.38. The zero-order chi connectivity index (χ0) is 20.7. The van der Waals surface area contributed by atoms with Gasteiger partial charge in [0, 0.05) is 13.0 Å². The lowest BCUT2D eigenvalue weighted by Crippen LogP contribution is -2.66. The predicted molar refractivity (Wildman–Crippen MR) is 91.0 cm³/mol. The third-order valence-electron chi connectivity index (χ3n) is 4.46. The molecule has 11 N–H and O–H groups in total. The van der Waals surface area contributed by atoms with Crippen LogP contribution in [0.1, 0.15) is 13.3 Å². The van der Waals surface area contributed by atoms with Crippen LogP contribution in [0.5, 0.6) is 0 Å². The van der Waals surface area contributed by atoms with Gasteiger partial charge < -0.3 is 56.9 Å². The molecule has 0 aromatic heterocycles. The Labute approximate surface area is 156 Å². The Balaban J connectivity index is 2.96. The highest BCUT2D eigenvalue weighted by Gasteiger charge is 2.47. The van der Waals surface area contributed by atoms with Crippen LogP contribution in [-0.4, -0.2) is 111 Å². The molecule has 0 unspecified atom stereocenters. The minimum absolute atomic E-state index is 0.121. The Morgan fingerprint density at radius 3 is 2.33 bits per heavy atom. The second-order valence-corrected chi connectivity index (χ2v) is 6.38. The molecule has 0 radical (unpaired) electrons. The van der Waals surface area contributed by atoms with Crippen molar-refractivity contribution in [2.45, 2.75) is 68.3 Å². The van der Waals surface area contributed by atoms with Crippen LogP contribution in [0.15, 0.2) is 0 Å². The van der Waals surface area contributed by atoms with Crippen LogP contribution in [0.3, 0.4) is 0 Å². The van der Waals surface area contributed by atoms with Gasteiger partial charge in [-0.15, -0.1) is 0 Å². The number of aliphatic hydroxyl groups is 6. The van der Waals surface area contributed by atoms with Gasteiger partial charge in [0.25, 0.3) is 0 Å². The van der Waals surface area contributed by atoms with Gasteiger partial charge in [-0.3, -0.25) is 4.79 Å². The van der Waals surface area contributed by atoms with Crippen molar-refractivity contribution >= 4 is 5.91 Å². The van der Waals surface area contributed by atoms with Gasteiger partial charge in [0.15, 0.2) is 6.29 Å². The lowest BCUT2D eigenvalue weighted by Gasteiger charge is -2.44. The van der Waals surface area contributed by atoms with E-state index < -0.39 is 74.1 Å². The normalized spacial score (nSPS) is 33.1. The number of hydrogen-bond donors (Lipinski definition) is 9. The van der Waals surface area contributed by atoms with E-state index in [0.717, 1.165) is 0 Å². The Hall–Kier alpha value is -0.930. The van der Waals surface area contributed by atoms with E-state index in [0.29, 0.717) is 0 Å². The topological polar surface area (TPSA) is 221 Å². The molecule has 1 aliphatic rings. The van der Waals surface area contributed by atoms with Crippen molar-refractivity contribution in [2.24, 2.45) is 11.5 Å². The van der Waals surface area contributed by atoms with Crippen molar-refractivity contribution in [2.75, 3.05) is 19.8 Å². The quantitative estimate of drug-likeness (QED) is 0.169. The minimum Gasteiger partial charge on any atom is -0.394 e. The highest BCUT2D eigenvalue weighted by atomic mass is 16.7. The first-order chi connectivity index (χ1) is 12.7. The van der Waals surface area contributed by atoms with Gasteiger partial charge in [0.2, 0.25) is 5.91 Å². The van der Waals surface area contributed by atoms with Gasteiger partial charge in [-0.2, -0.15) is 0 Å². The number of amides is 1. The summed E-state index contributed by atoms with van der Waals surface area (Å²) in [5.41, 5.74) is 11.2. The van der Waals surface area contributed by atoms with E-state index in [-0.39, 0.29) is 13.0 Å². The van der Waals surface area contributed by atoms with Crippen LogP contribution < -0.4 is 16.8 Å². The van der Waals surface area contributed by atoms with Crippen molar-refractivity contribution < 1.29 is 44.9 Å². The van der Waals surface area contributed by atoms with E-state index >= 15 is 0 Å². The molecule has 12 heteroatoms. The lowest BCUT2D eigenvalue weighted by molar-refractivity contribution is -0.302. The zero-order valence-electron chi connectivity index (χ0n) is 15.1. The maximum atomic E-state index is 11.6. The number of ether oxygens (including phenoxy) is 2. The summed E-state index contributed by atoms with van der Waals surface area (Å²) in [7, 11) is 0. The van der Waals surface area contributed by atoms with Crippen LogP contribution in [-0.2, 0) is 14.3 Å². The molecule has 160 valence electrons. The Morgan fingerprint density at radius 1 is 1.22 bits per heavy atom. The number of hydrogen-bond acceptors (Lipinski definition) is 11. The maximum Gasteiger partial charge on any atom is 0.220 e. The molecule has 0 bridgehead atoms. The van der Waals surface area contributed by atoms with E-state index in [2.05, 4.69) is 5.32 Å². The molecule has 9 atom stereocenters. The molecule has 1 fully saturated rings. The number of nitrogens with two attached hydrogens (primary N) is 2. The van der Waals surface area contributed by atoms with E-state index in [9.17, 15) is 30.3 Å². The van der Waals surface area contributed by atoms with E-state index in [1.807, 2.05) is 0 Å². The summed E-state index contributed by atoms with van der Waals surface area (Å²) >= 11 is 0. The highest BCUT2D eigenvalue weighted by molar-refractivity contribution is 5.76. The van der Waals surface area contributed by atoms with Gasteiger partial charge in [-0.1, -0.05) is 6.92 Å². The third-order valence-corrected chi connectivity index (χ3v) is 4.46. The summed E-state index contributed by atoms with van der Waals surface area (Å²) in [5, 5.41) is 61.3. The van der Waals surface area contributed by atoms with Crippen molar-refractivity contribution in [1.82, 2.24) is 5.32 Å². The number of aliphatic hydroxyl groups excluding tert-OH is 6. The Kier molecular flexibility index (Phi) is 9.97. The summed E-state index contributed by atoms with van der Waals surface area (Å²) in [6.07, 6.45) is -9.94. The van der Waals surface area contributed by atoms with Crippen molar-refractivity contribution in [3.05, 3.63) is 0 Å². The van der Waals surface area contributed by atoms with Crippen molar-refractivity contribution in [1.29, 1.82) is 0 Å². The summed E-state index contributed by atoms with van der Waals surface area (Å²) in [4.78, 5) is 11.6. The molecule has 1 heterocycles. The molecular weight excluding hydrogens is 366 g/mol. The summed E-state index contributed by atoms with van der Waals surface area (Å²) in [6.45, 7) is -0.0258. The fourth-order valence-corrected chi connectivity index (χ4v) is 2.73. The first kappa shape index (κ1) is 24.1. The molecule has 1 saturated heterocycles. The molecule has 0 aliphatic carbocycles. The van der Waals surface area contributed by atoms with Gasteiger partial charge in [0.05, 0.1) is 37.5 Å². The van der Waals surface area contributed by atoms with E-state index in [1.54, 1.807) is 6.92 Å². The van der Waals surface area contributed by atoms with Crippen LogP contribution in [0, 0.1) is 0 Å². The van der Waals surface area contributed by atoms with Gasteiger partial charge in [0.1, 0.15) is 24.4 Å². The monoisotopic (exact) mass is 397 g/mol. The summed E-state index contributed by atoms with van der Waals surface area (Å²) in [6, 6.07) is -2.38. The van der Waals surface area contributed by atoms with Crippen LogP contribution >= 0.6 is 0 Å². The van der Waals surface area contributed by atoms with Crippen molar-refractivity contribution in [3.63, 3.8) is 0 Å². The molecule has 1 rings (SSSR count). The van der Waals surface area contributed by atoms with Crippen LogP contribution in [0.4, 0.5) is 0 Å². The molecule has 0 saturated carbocycles. The largest absolute Gasteiger partial charge is 0.394 e. The third kappa shape index (κ3) is 6.02. The molecule has 1 amide bonds. The number of nitrogens with one attached hydrogen (secondary N) is 1. The van der Waals surface area contributed by atoms with Gasteiger partial charge in [-0.25, -0.2) is 0 Å². The first-order valence-electron chi connectivity index (χ1n) is 8.71. The SMILES string of the molecule is CCC(=O)N[C@H]1[C@H](O)[C@@H](O)[C@H](O[C@H]([C@H](N)[C@H](O)CO)[C@H](O)CN)O[C@@H]1CO. The standard InChI is InChI=1S/C15H31N3O9/c1-2-9(23)18-11-8(5-20)26-15(13(25)12(11)24)27-14(6(21)3-16)10(17)7(22)4-19/h6-8,10-15,19-22,24-25H,2-5,16-17H2,1H3,(H,18,23)/t6-,7-,8-,10-,11-,12+,13-,14+,15+/m1/s1. The fourth-order valence-electron chi connectivity index (χ4n) is 2.73. The van der Waals surface area contributed by atoms with E-state index in [4.69, 9.17) is 26.0 Å². The molecule has 1 aliphatic heterocycles. The first-order valence-corrected chi connectivity index (χ1v) is 8.71. The van der Waals surface area contributed by atoms with Gasteiger partial charge in [-0.05, 0) is 0 Å². The Morgan fingerprint density at radius 2 is 1.85 bits per heavy atom. The average Bonchev–Trinajstić information content (AvgIpc) is 2.68. The smallest absolute Gasteiger partial charge is 0.220 e. The molecule has 12 nitrogen and oxygen atoms in total. The zero-order valence-corrected chi connectivity index (χ0v) is 15.1. The Bertz CT molecular complexity index is 456. The van der Waals surface area contributed by atoms with Crippen molar-refractivity contribution in [3.8, 4) is 0 Å². The molecular formula is C15H31N3O9. The minimum atomic E-state index is -1.67. The number of carbonyl (C=O) groups is 1. The second kappa shape index (κ2) is 11.2. The summed E-state index contributed by atoms with van der Waals surface area (Å²) < 4.78 is 10.9. The average molecular weight is 397 g/mol.